The summed E-state index contributed by atoms with van der Waals surface area (Å²) in [5.74, 6) is 0.733. The molecule has 0 saturated heterocycles. The fourth-order valence-corrected chi connectivity index (χ4v) is 4.61. The van der Waals surface area contributed by atoms with Gasteiger partial charge in [-0.25, -0.2) is 0 Å². The summed E-state index contributed by atoms with van der Waals surface area (Å²) in [7, 11) is 1.00. The molecule has 5 rings (SSSR count). The first-order valence-corrected chi connectivity index (χ1v) is 10.2. The number of ether oxygens (including phenoxy) is 2. The van der Waals surface area contributed by atoms with Crippen LogP contribution in [0.2, 0.25) is 0 Å². The van der Waals surface area contributed by atoms with Crippen molar-refractivity contribution in [3.8, 4) is 11.5 Å². The van der Waals surface area contributed by atoms with Crippen LogP contribution in [0.25, 0.3) is 0 Å². The van der Waals surface area contributed by atoms with Gasteiger partial charge in [-0.2, -0.15) is 13.2 Å². The number of benzene rings is 2. The van der Waals surface area contributed by atoms with E-state index in [0.29, 0.717) is 35.5 Å². The van der Waals surface area contributed by atoms with E-state index in [1.54, 1.807) is 0 Å². The molecular formula is C24H24F3NO4. The average Bonchev–Trinajstić information content (AvgIpc) is 3.18. The van der Waals surface area contributed by atoms with Crippen molar-refractivity contribution >= 4 is 11.5 Å². The predicted octanol–water partition coefficient (Wildman–Crippen LogP) is 5.24. The fraction of sp³-hybridized carbons (Fsp3) is 0.375. The summed E-state index contributed by atoms with van der Waals surface area (Å²) in [5, 5.41) is 10.4. The van der Waals surface area contributed by atoms with Crippen LogP contribution in [0, 0.1) is 5.41 Å². The van der Waals surface area contributed by atoms with Gasteiger partial charge in [-0.05, 0) is 41.2 Å². The molecule has 0 bridgehead atoms. The van der Waals surface area contributed by atoms with E-state index >= 15 is 0 Å². The third-order valence-electron chi connectivity index (χ3n) is 5.92. The van der Waals surface area contributed by atoms with Gasteiger partial charge in [0, 0.05) is 42.5 Å². The van der Waals surface area contributed by atoms with Gasteiger partial charge in [-0.1, -0.05) is 26.0 Å². The zero-order chi connectivity index (χ0) is 23.3. The van der Waals surface area contributed by atoms with Crippen molar-refractivity contribution in [2.75, 3.05) is 19.2 Å². The number of allylic oxidation sites excluding steroid dienone is 2. The smallest absolute Gasteiger partial charge is 0.416 e. The Morgan fingerprint density at radius 2 is 1.66 bits per heavy atom. The summed E-state index contributed by atoms with van der Waals surface area (Å²) < 4.78 is 50.2. The molecule has 1 aliphatic carbocycles. The molecule has 2 N–H and O–H groups in total. The Bertz CT molecular complexity index is 1090. The van der Waals surface area contributed by atoms with Crippen LogP contribution in [-0.2, 0) is 11.0 Å². The van der Waals surface area contributed by atoms with Crippen LogP contribution < -0.4 is 14.8 Å². The van der Waals surface area contributed by atoms with E-state index in [-0.39, 0.29) is 18.0 Å². The molecule has 0 aromatic heterocycles. The molecule has 0 amide bonds. The van der Waals surface area contributed by atoms with Crippen molar-refractivity contribution in [3.63, 3.8) is 0 Å². The summed E-state index contributed by atoms with van der Waals surface area (Å²) >= 11 is 0. The number of hydrogen-bond donors (Lipinski definition) is 2. The van der Waals surface area contributed by atoms with Gasteiger partial charge in [0.2, 0.25) is 6.79 Å². The van der Waals surface area contributed by atoms with Crippen molar-refractivity contribution in [2.45, 2.75) is 38.8 Å². The van der Waals surface area contributed by atoms with E-state index < -0.39 is 17.7 Å². The van der Waals surface area contributed by atoms with Gasteiger partial charge in [-0.15, -0.1) is 0 Å². The number of halogens is 3. The maximum Gasteiger partial charge on any atom is 0.416 e. The maximum atomic E-state index is 13.2. The number of ketones is 1. The highest BCUT2D eigenvalue weighted by atomic mass is 19.4. The Labute approximate surface area is 183 Å². The Kier molecular flexibility index (Phi) is 5.45. The van der Waals surface area contributed by atoms with Gasteiger partial charge in [-0.3, -0.25) is 4.79 Å². The second-order valence-electron chi connectivity index (χ2n) is 8.80. The number of aliphatic hydroxyl groups is 1. The summed E-state index contributed by atoms with van der Waals surface area (Å²) in [4.78, 5) is 13.2. The van der Waals surface area contributed by atoms with E-state index in [9.17, 15) is 18.0 Å². The Balaban J connectivity index is 0.00000119. The average molecular weight is 447 g/mol. The van der Waals surface area contributed by atoms with Crippen LogP contribution in [0.15, 0.2) is 47.7 Å². The Hall–Kier alpha value is -3.00. The van der Waals surface area contributed by atoms with Crippen LogP contribution in [0.5, 0.6) is 11.5 Å². The molecule has 1 atom stereocenters. The van der Waals surface area contributed by atoms with E-state index in [0.717, 1.165) is 36.2 Å². The third kappa shape index (κ3) is 3.83. The van der Waals surface area contributed by atoms with E-state index in [4.69, 9.17) is 14.6 Å². The number of nitrogens with one attached hydrogen (secondary N) is 1. The fourth-order valence-electron chi connectivity index (χ4n) is 4.61. The quantitative estimate of drug-likeness (QED) is 0.626. The van der Waals surface area contributed by atoms with Crippen LogP contribution in [0.1, 0.15) is 49.3 Å². The lowest BCUT2D eigenvalue weighted by molar-refractivity contribution is -0.137. The predicted molar refractivity (Wildman–Crippen MR) is 113 cm³/mol. The molecule has 5 nitrogen and oxygen atoms in total. The van der Waals surface area contributed by atoms with Crippen molar-refractivity contribution < 1.29 is 32.5 Å². The zero-order valence-corrected chi connectivity index (χ0v) is 18.0. The molecule has 0 saturated carbocycles. The monoisotopic (exact) mass is 447 g/mol. The van der Waals surface area contributed by atoms with Crippen molar-refractivity contribution in [1.29, 1.82) is 0 Å². The topological polar surface area (TPSA) is 67.8 Å². The number of Topliss-reactive ketones (excluding diaryl/α,β-unsaturated/α-hetero) is 1. The highest BCUT2D eigenvalue weighted by Gasteiger charge is 2.41. The minimum absolute atomic E-state index is 0.0157. The lowest BCUT2D eigenvalue weighted by Gasteiger charge is -2.39. The molecule has 2 heterocycles. The van der Waals surface area contributed by atoms with Gasteiger partial charge in [0.05, 0.1) is 5.56 Å². The highest BCUT2D eigenvalue weighted by molar-refractivity contribution is 6.01. The normalized spacial score (nSPS) is 20.6. The molecule has 0 radical (unpaired) electrons. The molecule has 0 unspecified atom stereocenters. The van der Waals surface area contributed by atoms with Crippen molar-refractivity contribution in [3.05, 3.63) is 64.4 Å². The van der Waals surface area contributed by atoms with Crippen LogP contribution in [-0.4, -0.2) is 24.8 Å². The van der Waals surface area contributed by atoms with E-state index in [2.05, 4.69) is 5.32 Å². The molecule has 0 fully saturated rings. The molecule has 170 valence electrons. The summed E-state index contributed by atoms with van der Waals surface area (Å²) in [6, 6.07) is 8.73. The second kappa shape index (κ2) is 7.85. The first-order chi connectivity index (χ1) is 15.1. The number of aliphatic hydroxyl groups excluding tert-OH is 1. The maximum absolute atomic E-state index is 13.2. The van der Waals surface area contributed by atoms with Gasteiger partial charge >= 0.3 is 6.18 Å². The van der Waals surface area contributed by atoms with Gasteiger partial charge in [0.1, 0.15) is 0 Å². The molecule has 2 aromatic rings. The molecule has 8 heteroatoms. The Morgan fingerprint density at radius 3 is 2.28 bits per heavy atom. The lowest BCUT2D eigenvalue weighted by atomic mass is 9.68. The number of hydrogen-bond acceptors (Lipinski definition) is 5. The van der Waals surface area contributed by atoms with Gasteiger partial charge in [0.15, 0.2) is 17.3 Å². The number of fused-ring (bicyclic) bond motifs is 2. The van der Waals surface area contributed by atoms with E-state index in [1.807, 2.05) is 26.0 Å². The molecule has 32 heavy (non-hydrogen) atoms. The van der Waals surface area contributed by atoms with Crippen LogP contribution in [0.4, 0.5) is 18.9 Å². The van der Waals surface area contributed by atoms with Gasteiger partial charge in [0.25, 0.3) is 0 Å². The van der Waals surface area contributed by atoms with Crippen LogP contribution in [0.3, 0.4) is 0 Å². The molecule has 2 aliphatic heterocycles. The van der Waals surface area contributed by atoms with Gasteiger partial charge < -0.3 is 19.9 Å². The minimum atomic E-state index is -4.41. The number of anilines is 1. The molecular weight excluding hydrogens is 423 g/mol. The van der Waals surface area contributed by atoms with Crippen molar-refractivity contribution in [2.24, 2.45) is 5.41 Å². The largest absolute Gasteiger partial charge is 0.454 e. The molecule has 2 aromatic carbocycles. The lowest BCUT2D eigenvalue weighted by Crippen LogP contribution is -2.33. The SMILES string of the molecule is CC1(C)CC(=O)C2=C(C1)Nc1cc3c(cc1[C@H]2c1ccc(C(F)(F)F)cc1)OCO3.CO. The number of rotatable bonds is 1. The standard InChI is InChI=1S/C23H20F3NO3.CH4O/c1-22(2)9-16-21(17(28)10-22)20(12-3-5-13(6-4-12)23(24,25)26)14-7-18-19(30-11-29-18)8-15(14)27-16;1-2/h3-8,20,27H,9-11H2,1-2H3;2H,1H3/t20-;/m1./s1. The van der Waals surface area contributed by atoms with E-state index in [1.165, 1.54) is 12.1 Å². The summed E-state index contributed by atoms with van der Waals surface area (Å²) in [5.41, 5.74) is 2.77. The second-order valence-corrected chi connectivity index (χ2v) is 8.80. The van der Waals surface area contributed by atoms with Crippen molar-refractivity contribution in [1.82, 2.24) is 0 Å². The highest BCUT2D eigenvalue weighted by Crippen LogP contribution is 2.52. The summed E-state index contributed by atoms with van der Waals surface area (Å²) in [6.07, 6.45) is -3.34. The first kappa shape index (κ1) is 22.2. The number of carbonyl (C=O) groups is 1. The molecule has 3 aliphatic rings. The number of alkyl halides is 3. The summed E-state index contributed by atoms with van der Waals surface area (Å²) in [6.45, 7) is 4.19. The molecule has 0 spiro atoms. The van der Waals surface area contributed by atoms with Crippen LogP contribution >= 0.6 is 0 Å². The number of carbonyl (C=O) groups excluding carboxylic acids is 1. The minimum Gasteiger partial charge on any atom is -0.454 e. The first-order valence-electron chi connectivity index (χ1n) is 10.2. The zero-order valence-electron chi connectivity index (χ0n) is 18.0. The Morgan fingerprint density at radius 1 is 1.03 bits per heavy atom. The third-order valence-corrected chi connectivity index (χ3v) is 5.92.